The third-order valence-corrected chi connectivity index (χ3v) is 4.11. The van der Waals surface area contributed by atoms with Gasteiger partial charge >= 0.3 is 5.69 Å². The first-order valence-electron chi connectivity index (χ1n) is 8.36. The van der Waals surface area contributed by atoms with Crippen LogP contribution >= 0.6 is 0 Å². The van der Waals surface area contributed by atoms with Crippen LogP contribution < -0.4 is 21.4 Å². The fraction of sp³-hybridized carbons (Fsp3) is 0.294. The van der Waals surface area contributed by atoms with Crippen LogP contribution in [0.2, 0.25) is 0 Å². The first-order chi connectivity index (χ1) is 13.4. The third-order valence-electron chi connectivity index (χ3n) is 4.11. The van der Waals surface area contributed by atoms with E-state index in [-0.39, 0.29) is 23.7 Å². The number of anilines is 1. The largest absolute Gasteiger partial charge is 0.497 e. The predicted molar refractivity (Wildman–Crippen MR) is 103 cm³/mol. The summed E-state index contributed by atoms with van der Waals surface area (Å²) >= 11 is 0. The second-order valence-corrected chi connectivity index (χ2v) is 6.02. The van der Waals surface area contributed by atoms with Gasteiger partial charge in [0.05, 0.1) is 32.6 Å². The second-order valence-electron chi connectivity index (χ2n) is 6.02. The normalized spacial score (nSPS) is 12.6. The predicted octanol–water partition coefficient (Wildman–Crippen LogP) is -0.769. The Bertz CT molecular complexity index is 1110. The van der Waals surface area contributed by atoms with Crippen LogP contribution in [0.25, 0.3) is 11.2 Å². The Balaban J connectivity index is 1.98. The lowest BCUT2D eigenvalue weighted by Crippen LogP contribution is -2.30. The fourth-order valence-electron chi connectivity index (χ4n) is 2.62. The van der Waals surface area contributed by atoms with Crippen molar-refractivity contribution < 1.29 is 14.9 Å². The van der Waals surface area contributed by atoms with E-state index in [1.54, 1.807) is 31.4 Å². The zero-order chi connectivity index (χ0) is 20.3. The summed E-state index contributed by atoms with van der Waals surface area (Å²) in [7, 11) is 3.04. The summed E-state index contributed by atoms with van der Waals surface area (Å²) in [4.78, 5) is 30.5. The van der Waals surface area contributed by atoms with Crippen LogP contribution in [0, 0.1) is 0 Å². The van der Waals surface area contributed by atoms with E-state index in [4.69, 9.17) is 9.84 Å². The topological polar surface area (TPSA) is 147 Å². The molecule has 11 nitrogen and oxygen atoms in total. The Morgan fingerprint density at radius 2 is 2.07 bits per heavy atom. The Hall–Kier alpha value is -3.44. The number of hydrogen-bond donors (Lipinski definition) is 4. The number of ether oxygens (including phenoxy) is 1. The number of aliphatic hydroxyl groups is 2. The van der Waals surface area contributed by atoms with Gasteiger partial charge in [0.2, 0.25) is 5.95 Å². The molecule has 0 saturated carbocycles. The highest BCUT2D eigenvalue weighted by Crippen LogP contribution is 2.16. The Morgan fingerprint density at radius 3 is 2.71 bits per heavy atom. The van der Waals surface area contributed by atoms with Gasteiger partial charge in [-0.2, -0.15) is 10.1 Å². The molecule has 1 atom stereocenters. The molecule has 148 valence electrons. The maximum Gasteiger partial charge on any atom is 0.329 e. The van der Waals surface area contributed by atoms with E-state index in [0.717, 1.165) is 5.56 Å². The number of nitrogens with one attached hydrogen (secondary N) is 2. The van der Waals surface area contributed by atoms with Crippen LogP contribution in [-0.2, 0) is 13.6 Å². The zero-order valence-electron chi connectivity index (χ0n) is 15.3. The van der Waals surface area contributed by atoms with Crippen LogP contribution in [0.4, 0.5) is 5.95 Å². The number of aromatic nitrogens is 4. The van der Waals surface area contributed by atoms with Gasteiger partial charge in [0.15, 0.2) is 11.2 Å². The molecule has 0 aliphatic heterocycles. The van der Waals surface area contributed by atoms with Crippen molar-refractivity contribution in [2.24, 2.45) is 12.1 Å². The van der Waals surface area contributed by atoms with Gasteiger partial charge < -0.3 is 19.5 Å². The molecule has 3 rings (SSSR count). The Morgan fingerprint density at radius 1 is 1.36 bits per heavy atom. The van der Waals surface area contributed by atoms with Gasteiger partial charge in [-0.3, -0.25) is 14.3 Å². The standard InChI is InChI=1S/C17H20N6O5/c1-22-14-13(15(26)20-17(22)27)23(8-11(25)9-24)16(19-14)21-18-7-10-3-5-12(28-2)6-4-10/h3-7,11,24-25H,8-9H2,1-2H3,(H,19,21)(H,20,26,27). The van der Waals surface area contributed by atoms with Crippen molar-refractivity contribution in [2.75, 3.05) is 19.1 Å². The van der Waals surface area contributed by atoms with Crippen molar-refractivity contribution in [3.05, 3.63) is 50.7 Å². The Kier molecular flexibility index (Phi) is 5.57. The molecule has 28 heavy (non-hydrogen) atoms. The van der Waals surface area contributed by atoms with Gasteiger partial charge in [0, 0.05) is 7.05 Å². The van der Waals surface area contributed by atoms with E-state index in [2.05, 4.69) is 20.5 Å². The van der Waals surface area contributed by atoms with Gasteiger partial charge in [-0.15, -0.1) is 0 Å². The van der Waals surface area contributed by atoms with Crippen molar-refractivity contribution in [3.8, 4) is 5.75 Å². The number of hydrogen-bond acceptors (Lipinski definition) is 8. The van der Waals surface area contributed by atoms with Gasteiger partial charge in [-0.1, -0.05) is 0 Å². The van der Waals surface area contributed by atoms with E-state index >= 15 is 0 Å². The number of methoxy groups -OCH3 is 1. The average Bonchev–Trinajstić information content (AvgIpc) is 3.05. The minimum atomic E-state index is -1.12. The molecule has 0 fully saturated rings. The van der Waals surface area contributed by atoms with Crippen LogP contribution in [0.5, 0.6) is 5.75 Å². The minimum Gasteiger partial charge on any atom is -0.497 e. The summed E-state index contributed by atoms with van der Waals surface area (Å²) in [6.45, 7) is -0.618. The van der Waals surface area contributed by atoms with E-state index in [9.17, 15) is 14.7 Å². The molecule has 2 aromatic heterocycles. The number of imidazole rings is 1. The molecule has 11 heteroatoms. The van der Waals surface area contributed by atoms with E-state index in [1.165, 1.54) is 22.4 Å². The highest BCUT2D eigenvalue weighted by molar-refractivity contribution is 5.80. The molecule has 4 N–H and O–H groups in total. The third kappa shape index (κ3) is 3.80. The maximum absolute atomic E-state index is 12.3. The molecule has 0 bridgehead atoms. The van der Waals surface area contributed by atoms with Crippen LogP contribution in [0.15, 0.2) is 39.0 Å². The molecular weight excluding hydrogens is 368 g/mol. The van der Waals surface area contributed by atoms with Gasteiger partial charge in [-0.05, 0) is 29.8 Å². The summed E-state index contributed by atoms with van der Waals surface area (Å²) in [5.41, 5.74) is 2.44. The first kappa shape index (κ1) is 19.3. The SMILES string of the molecule is COc1ccc(C=NNc2nc3c(c(=O)[nH]c(=O)n3C)n2CC(O)CO)cc1. The molecule has 2 heterocycles. The molecule has 0 spiro atoms. The molecular formula is C17H20N6O5. The highest BCUT2D eigenvalue weighted by atomic mass is 16.5. The summed E-state index contributed by atoms with van der Waals surface area (Å²) in [6, 6.07) is 7.17. The van der Waals surface area contributed by atoms with Crippen LogP contribution in [0.3, 0.4) is 0 Å². The van der Waals surface area contributed by atoms with Crippen LogP contribution in [-0.4, -0.2) is 55.4 Å². The molecule has 0 radical (unpaired) electrons. The number of nitrogens with zero attached hydrogens (tertiary/aromatic N) is 4. The summed E-state index contributed by atoms with van der Waals surface area (Å²) in [5, 5.41) is 23.1. The number of aromatic amines is 1. The molecule has 0 saturated heterocycles. The smallest absolute Gasteiger partial charge is 0.329 e. The molecule has 1 unspecified atom stereocenters. The minimum absolute atomic E-state index is 0.0803. The van der Waals surface area contributed by atoms with Crippen molar-refractivity contribution >= 4 is 23.3 Å². The Labute approximate surface area is 158 Å². The van der Waals surface area contributed by atoms with Gasteiger partial charge in [0.1, 0.15) is 5.75 Å². The number of aryl methyl sites for hydroxylation is 1. The number of benzene rings is 1. The number of H-pyrrole nitrogens is 1. The van der Waals surface area contributed by atoms with Gasteiger partial charge in [-0.25, -0.2) is 10.2 Å². The quantitative estimate of drug-likeness (QED) is 0.307. The molecule has 0 amide bonds. The van der Waals surface area contributed by atoms with E-state index < -0.39 is 24.0 Å². The monoisotopic (exact) mass is 388 g/mol. The van der Waals surface area contributed by atoms with Crippen molar-refractivity contribution in [3.63, 3.8) is 0 Å². The summed E-state index contributed by atoms with van der Waals surface area (Å²) in [5.74, 6) is 0.851. The second kappa shape index (κ2) is 8.06. The first-order valence-corrected chi connectivity index (χ1v) is 8.36. The van der Waals surface area contributed by atoms with E-state index in [1.807, 2.05) is 0 Å². The lowest BCUT2D eigenvalue weighted by Gasteiger charge is -2.11. The zero-order valence-corrected chi connectivity index (χ0v) is 15.3. The number of aliphatic hydroxyl groups excluding tert-OH is 2. The highest BCUT2D eigenvalue weighted by Gasteiger charge is 2.19. The maximum atomic E-state index is 12.3. The molecule has 3 aromatic rings. The summed E-state index contributed by atoms with van der Waals surface area (Å²) < 4.78 is 7.63. The van der Waals surface area contributed by atoms with Crippen molar-refractivity contribution in [1.29, 1.82) is 0 Å². The van der Waals surface area contributed by atoms with Crippen molar-refractivity contribution in [2.45, 2.75) is 12.6 Å². The lowest BCUT2D eigenvalue weighted by atomic mass is 10.2. The number of hydrazone groups is 1. The van der Waals surface area contributed by atoms with Crippen molar-refractivity contribution in [1.82, 2.24) is 19.1 Å². The molecule has 0 aliphatic carbocycles. The lowest BCUT2D eigenvalue weighted by molar-refractivity contribution is 0.0825. The molecule has 1 aromatic carbocycles. The van der Waals surface area contributed by atoms with Crippen LogP contribution in [0.1, 0.15) is 5.56 Å². The molecule has 0 aliphatic rings. The van der Waals surface area contributed by atoms with E-state index in [0.29, 0.717) is 5.75 Å². The average molecular weight is 388 g/mol. The number of rotatable bonds is 7. The summed E-state index contributed by atoms with van der Waals surface area (Å²) in [6.07, 6.45) is 0.412. The number of fused-ring (bicyclic) bond motifs is 1. The fourth-order valence-corrected chi connectivity index (χ4v) is 2.62. The van der Waals surface area contributed by atoms with Gasteiger partial charge in [0.25, 0.3) is 5.56 Å².